The van der Waals surface area contributed by atoms with Crippen LogP contribution in [-0.4, -0.2) is 26.9 Å². The van der Waals surface area contributed by atoms with E-state index < -0.39 is 0 Å². The highest BCUT2D eigenvalue weighted by atomic mass is 79.9. The zero-order valence-corrected chi connectivity index (χ0v) is 13.6. The van der Waals surface area contributed by atoms with Crippen molar-refractivity contribution in [2.24, 2.45) is 0 Å². The molecule has 3 nitrogen and oxygen atoms in total. The number of rotatable bonds is 5. The monoisotopic (exact) mass is 347 g/mol. The van der Waals surface area contributed by atoms with E-state index in [0.717, 1.165) is 41.7 Å². The summed E-state index contributed by atoms with van der Waals surface area (Å²) < 4.78 is 12.1. The van der Waals surface area contributed by atoms with E-state index in [1.54, 1.807) is 7.11 Å². The van der Waals surface area contributed by atoms with Crippen molar-refractivity contribution in [3.8, 4) is 5.75 Å². The lowest BCUT2D eigenvalue weighted by Crippen LogP contribution is -2.22. The summed E-state index contributed by atoms with van der Waals surface area (Å²) in [6, 6.07) is 3.98. The molecule has 0 saturated carbocycles. The van der Waals surface area contributed by atoms with Crippen molar-refractivity contribution in [3.63, 3.8) is 0 Å². The first-order valence-corrected chi connectivity index (χ1v) is 7.64. The Balaban J connectivity index is 2.25. The fraction of sp³-hybridized carbons (Fsp3) is 0.571. The number of nitrogens with one attached hydrogen (secondary N) is 1. The van der Waals surface area contributed by atoms with Gasteiger partial charge in [-0.25, -0.2) is 0 Å². The molecule has 1 N–H and O–H groups in total. The topological polar surface area (TPSA) is 30.5 Å². The van der Waals surface area contributed by atoms with Gasteiger partial charge in [-0.3, -0.25) is 0 Å². The van der Waals surface area contributed by atoms with Gasteiger partial charge in [-0.2, -0.15) is 0 Å². The Hall–Kier alpha value is -0.290. The minimum atomic E-state index is 0.174. The van der Waals surface area contributed by atoms with Crippen LogP contribution in [-0.2, 0) is 4.74 Å². The van der Waals surface area contributed by atoms with Gasteiger partial charge in [0.25, 0.3) is 0 Å². The number of benzene rings is 1. The van der Waals surface area contributed by atoms with Crippen molar-refractivity contribution >= 4 is 27.5 Å². The average Bonchev–Trinajstić information content (AvgIpc) is 2.88. The molecule has 1 aromatic rings. The van der Waals surface area contributed by atoms with Gasteiger partial charge in [0.1, 0.15) is 5.75 Å². The Labute approximate surface area is 127 Å². The molecular formula is C14H19BrClNO2. The summed E-state index contributed by atoms with van der Waals surface area (Å²) in [5, 5.41) is 4.04. The molecule has 2 atom stereocenters. The van der Waals surface area contributed by atoms with Gasteiger partial charge in [0.05, 0.1) is 17.7 Å². The van der Waals surface area contributed by atoms with E-state index in [9.17, 15) is 0 Å². The van der Waals surface area contributed by atoms with E-state index in [4.69, 9.17) is 21.1 Å². The molecule has 19 heavy (non-hydrogen) atoms. The first-order valence-electron chi connectivity index (χ1n) is 6.47. The molecule has 5 heteroatoms. The number of hydrogen-bond donors (Lipinski definition) is 1. The molecule has 1 saturated heterocycles. The molecular weight excluding hydrogens is 330 g/mol. The Kier molecular flexibility index (Phi) is 5.51. The SMILES string of the molecule is CNC(CC1CCCO1)c1cc(Cl)cc(Br)c1OC. The maximum atomic E-state index is 6.15. The van der Waals surface area contributed by atoms with Crippen LogP contribution in [0.15, 0.2) is 16.6 Å². The number of hydrogen-bond acceptors (Lipinski definition) is 3. The fourth-order valence-electron chi connectivity index (χ4n) is 2.55. The normalized spacial score (nSPS) is 20.5. The zero-order valence-electron chi connectivity index (χ0n) is 11.2. The predicted octanol–water partition coefficient (Wildman–Crippen LogP) is 3.94. The summed E-state index contributed by atoms with van der Waals surface area (Å²) in [7, 11) is 3.63. The lowest BCUT2D eigenvalue weighted by Gasteiger charge is -2.23. The maximum absolute atomic E-state index is 6.15. The van der Waals surface area contributed by atoms with Crippen LogP contribution < -0.4 is 10.1 Å². The first-order chi connectivity index (χ1) is 9.15. The van der Waals surface area contributed by atoms with Crippen molar-refractivity contribution in [2.45, 2.75) is 31.4 Å². The number of halogens is 2. The molecule has 106 valence electrons. The van der Waals surface area contributed by atoms with Gasteiger partial charge in [-0.05, 0) is 54.4 Å². The predicted molar refractivity (Wildman–Crippen MR) is 81.1 cm³/mol. The van der Waals surface area contributed by atoms with Crippen molar-refractivity contribution in [2.75, 3.05) is 20.8 Å². The first kappa shape index (κ1) is 15.1. The van der Waals surface area contributed by atoms with Crippen molar-refractivity contribution in [1.82, 2.24) is 5.32 Å². The second-order valence-corrected chi connectivity index (χ2v) is 6.01. The highest BCUT2D eigenvalue weighted by molar-refractivity contribution is 9.10. The maximum Gasteiger partial charge on any atom is 0.137 e. The standard InChI is InChI=1S/C14H19BrClNO2/c1-17-13(8-10-4-3-5-19-10)11-6-9(16)7-12(15)14(11)18-2/h6-7,10,13,17H,3-5,8H2,1-2H3. The summed E-state index contributed by atoms with van der Waals surface area (Å²) in [5.74, 6) is 0.835. The van der Waals surface area contributed by atoms with Gasteiger partial charge >= 0.3 is 0 Å². The molecule has 0 bridgehead atoms. The van der Waals surface area contributed by atoms with Gasteiger partial charge in [0, 0.05) is 23.2 Å². The highest BCUT2D eigenvalue weighted by Crippen LogP contribution is 2.38. The minimum absolute atomic E-state index is 0.174. The van der Waals surface area contributed by atoms with Gasteiger partial charge in [-0.15, -0.1) is 0 Å². The molecule has 1 aliphatic rings. The third-order valence-electron chi connectivity index (χ3n) is 3.49. The van der Waals surface area contributed by atoms with E-state index in [1.165, 1.54) is 0 Å². The number of ether oxygens (including phenoxy) is 2. The molecule has 2 unspecified atom stereocenters. The Morgan fingerprint density at radius 3 is 2.95 bits per heavy atom. The van der Waals surface area contributed by atoms with Gasteiger partial charge in [0.2, 0.25) is 0 Å². The zero-order chi connectivity index (χ0) is 13.8. The van der Waals surface area contributed by atoms with Crippen LogP contribution in [0.4, 0.5) is 0 Å². The lowest BCUT2D eigenvalue weighted by atomic mass is 9.98. The van der Waals surface area contributed by atoms with Crippen LogP contribution in [0.5, 0.6) is 5.75 Å². The second-order valence-electron chi connectivity index (χ2n) is 4.72. The fourth-order valence-corrected chi connectivity index (χ4v) is 3.54. The molecule has 0 amide bonds. The largest absolute Gasteiger partial charge is 0.495 e. The van der Waals surface area contributed by atoms with E-state index in [2.05, 4.69) is 21.2 Å². The molecule has 1 aliphatic heterocycles. The summed E-state index contributed by atoms with van der Waals surface area (Å²) >= 11 is 9.65. The third-order valence-corrected chi connectivity index (χ3v) is 4.29. The van der Waals surface area contributed by atoms with E-state index >= 15 is 0 Å². The minimum Gasteiger partial charge on any atom is -0.495 e. The molecule has 1 aromatic carbocycles. The van der Waals surface area contributed by atoms with Crippen LogP contribution >= 0.6 is 27.5 Å². The molecule has 1 fully saturated rings. The summed E-state index contributed by atoms with van der Waals surface area (Å²) in [6.45, 7) is 0.872. The Morgan fingerprint density at radius 1 is 1.58 bits per heavy atom. The second kappa shape index (κ2) is 6.93. The van der Waals surface area contributed by atoms with Crippen LogP contribution in [0.25, 0.3) is 0 Å². The molecule has 0 radical (unpaired) electrons. The van der Waals surface area contributed by atoms with Crippen molar-refractivity contribution < 1.29 is 9.47 Å². The molecule has 0 aromatic heterocycles. The van der Waals surface area contributed by atoms with E-state index in [1.807, 2.05) is 19.2 Å². The van der Waals surface area contributed by atoms with Crippen LogP contribution in [0, 0.1) is 0 Å². The summed E-state index contributed by atoms with van der Waals surface area (Å²) in [6.07, 6.45) is 3.53. The number of methoxy groups -OCH3 is 1. The van der Waals surface area contributed by atoms with E-state index in [-0.39, 0.29) is 6.04 Å². The average molecular weight is 349 g/mol. The van der Waals surface area contributed by atoms with Gasteiger partial charge < -0.3 is 14.8 Å². The molecule has 1 heterocycles. The highest BCUT2D eigenvalue weighted by Gasteiger charge is 2.24. The lowest BCUT2D eigenvalue weighted by molar-refractivity contribution is 0.0951. The smallest absolute Gasteiger partial charge is 0.137 e. The quantitative estimate of drug-likeness (QED) is 0.874. The van der Waals surface area contributed by atoms with Gasteiger partial charge in [-0.1, -0.05) is 11.6 Å². The Bertz CT molecular complexity index is 436. The molecule has 2 rings (SSSR count). The molecule has 0 aliphatic carbocycles. The molecule has 0 spiro atoms. The van der Waals surface area contributed by atoms with Gasteiger partial charge in [0.15, 0.2) is 0 Å². The summed E-state index contributed by atoms with van der Waals surface area (Å²) in [5.41, 5.74) is 1.07. The van der Waals surface area contributed by atoms with Crippen LogP contribution in [0.2, 0.25) is 5.02 Å². The van der Waals surface area contributed by atoms with Crippen molar-refractivity contribution in [1.29, 1.82) is 0 Å². The summed E-state index contributed by atoms with van der Waals surface area (Å²) in [4.78, 5) is 0. The van der Waals surface area contributed by atoms with E-state index in [0.29, 0.717) is 11.1 Å². The van der Waals surface area contributed by atoms with Crippen LogP contribution in [0.1, 0.15) is 30.9 Å². The Morgan fingerprint density at radius 2 is 2.37 bits per heavy atom. The van der Waals surface area contributed by atoms with Crippen molar-refractivity contribution in [3.05, 3.63) is 27.2 Å². The van der Waals surface area contributed by atoms with Crippen LogP contribution in [0.3, 0.4) is 0 Å². The third kappa shape index (κ3) is 3.63.